The lowest BCUT2D eigenvalue weighted by atomic mass is 9.75. The maximum absolute atomic E-state index is 13.6. The van der Waals surface area contributed by atoms with Gasteiger partial charge >= 0.3 is 6.18 Å². The number of ether oxygens (including phenoxy) is 1. The number of rotatable bonds is 4. The van der Waals surface area contributed by atoms with Gasteiger partial charge in [-0.25, -0.2) is 15.0 Å². The molecule has 1 amide bonds. The lowest BCUT2D eigenvalue weighted by Crippen LogP contribution is -2.55. The number of hydrogen-bond donors (Lipinski definition) is 1. The van der Waals surface area contributed by atoms with Crippen molar-refractivity contribution in [1.82, 2.24) is 15.0 Å². The smallest absolute Gasteiger partial charge is 0.419 e. The van der Waals surface area contributed by atoms with Crippen molar-refractivity contribution in [3.63, 3.8) is 0 Å². The Morgan fingerprint density at radius 3 is 2.46 bits per heavy atom. The van der Waals surface area contributed by atoms with E-state index in [1.54, 1.807) is 36.5 Å². The maximum Gasteiger partial charge on any atom is 0.419 e. The van der Waals surface area contributed by atoms with Crippen LogP contribution in [0, 0.1) is 11.3 Å². The minimum absolute atomic E-state index is 0.0705. The summed E-state index contributed by atoms with van der Waals surface area (Å²) in [6, 6.07) is 10.8. The van der Waals surface area contributed by atoms with Crippen molar-refractivity contribution in [2.45, 2.75) is 36.5 Å². The van der Waals surface area contributed by atoms with Crippen LogP contribution in [-0.4, -0.2) is 31.9 Å². The van der Waals surface area contributed by atoms with Gasteiger partial charge in [0, 0.05) is 18.0 Å². The minimum atomic E-state index is -4.80. The molecule has 1 unspecified atom stereocenters. The Kier molecular flexibility index (Phi) is 5.52. The molecule has 3 aromatic rings. The summed E-state index contributed by atoms with van der Waals surface area (Å²) in [6.07, 6.45) is 1.09. The Hall–Kier alpha value is -3.85. The number of benzene rings is 1. The Balaban J connectivity index is 1.49. The fraction of sp³-hybridized carbons (Fsp3) is 0.261. The SMILES string of the molecule is N#Cc1ncc(N2C(=O)C3(CCC3)N(c3ccc(Oc4ccncn4)cc3)C2S)cc1C(F)(F)F. The number of thiol groups is 1. The molecule has 5 rings (SSSR count). The van der Waals surface area contributed by atoms with Crippen LogP contribution in [0.4, 0.5) is 24.5 Å². The Morgan fingerprint density at radius 1 is 1.14 bits per heavy atom. The second kappa shape index (κ2) is 8.42. The van der Waals surface area contributed by atoms with Crippen LogP contribution < -0.4 is 14.5 Å². The van der Waals surface area contributed by atoms with Gasteiger partial charge in [-0.2, -0.15) is 18.4 Å². The molecule has 12 heteroatoms. The van der Waals surface area contributed by atoms with Gasteiger partial charge in [-0.1, -0.05) is 0 Å². The molecule has 1 spiro atoms. The van der Waals surface area contributed by atoms with Gasteiger partial charge in [0.2, 0.25) is 5.88 Å². The Bertz CT molecular complexity index is 1310. The molecule has 0 N–H and O–H groups in total. The first-order chi connectivity index (χ1) is 16.7. The molecule has 1 aliphatic carbocycles. The highest BCUT2D eigenvalue weighted by Gasteiger charge is 2.60. The molecule has 0 radical (unpaired) electrons. The molecule has 0 bridgehead atoms. The van der Waals surface area contributed by atoms with Gasteiger partial charge in [0.05, 0.1) is 17.4 Å². The number of anilines is 2. The second-order valence-corrected chi connectivity index (χ2v) is 8.58. The molecule has 1 saturated carbocycles. The first-order valence-electron chi connectivity index (χ1n) is 10.6. The molecule has 2 aromatic heterocycles. The van der Waals surface area contributed by atoms with E-state index < -0.39 is 28.5 Å². The molecule has 1 aromatic carbocycles. The van der Waals surface area contributed by atoms with E-state index in [1.165, 1.54) is 17.3 Å². The molecule has 8 nitrogen and oxygen atoms in total. The summed E-state index contributed by atoms with van der Waals surface area (Å²) >= 11 is 4.64. The zero-order valence-corrected chi connectivity index (χ0v) is 18.9. The van der Waals surface area contributed by atoms with Crippen LogP contribution in [0.2, 0.25) is 0 Å². The van der Waals surface area contributed by atoms with Gasteiger partial charge in [0.1, 0.15) is 23.7 Å². The summed E-state index contributed by atoms with van der Waals surface area (Å²) in [5.74, 6) is 0.524. The number of nitriles is 1. The van der Waals surface area contributed by atoms with Gasteiger partial charge < -0.3 is 9.64 Å². The third-order valence-electron chi connectivity index (χ3n) is 6.18. The van der Waals surface area contributed by atoms with Crippen molar-refractivity contribution < 1.29 is 22.7 Å². The Morgan fingerprint density at radius 2 is 1.89 bits per heavy atom. The largest absolute Gasteiger partial charge is 0.439 e. The molecule has 178 valence electrons. The van der Waals surface area contributed by atoms with Crippen LogP contribution in [-0.2, 0) is 11.0 Å². The van der Waals surface area contributed by atoms with Crippen LogP contribution in [0.1, 0.15) is 30.5 Å². The van der Waals surface area contributed by atoms with Gasteiger partial charge in [0.25, 0.3) is 5.91 Å². The summed E-state index contributed by atoms with van der Waals surface area (Å²) in [7, 11) is 0. The molecule has 35 heavy (non-hydrogen) atoms. The average molecular weight is 498 g/mol. The van der Waals surface area contributed by atoms with E-state index in [9.17, 15) is 18.0 Å². The van der Waals surface area contributed by atoms with E-state index >= 15 is 0 Å². The van der Waals surface area contributed by atoms with Gasteiger partial charge in [0.15, 0.2) is 11.2 Å². The van der Waals surface area contributed by atoms with E-state index in [0.717, 1.165) is 18.7 Å². The highest BCUT2D eigenvalue weighted by Crippen LogP contribution is 2.50. The number of alkyl halides is 3. The lowest BCUT2D eigenvalue weighted by molar-refractivity contribution is -0.138. The number of amides is 1. The third-order valence-corrected chi connectivity index (χ3v) is 6.64. The van der Waals surface area contributed by atoms with Crippen molar-refractivity contribution >= 4 is 29.9 Å². The summed E-state index contributed by atoms with van der Waals surface area (Å²) in [6.45, 7) is 0. The number of hydrogen-bond acceptors (Lipinski definition) is 8. The van der Waals surface area contributed by atoms with E-state index in [1.807, 2.05) is 4.90 Å². The molecule has 1 aliphatic heterocycles. The highest BCUT2D eigenvalue weighted by atomic mass is 32.1. The fourth-order valence-corrected chi connectivity index (χ4v) is 4.98. The molecule has 1 atom stereocenters. The summed E-state index contributed by atoms with van der Waals surface area (Å²) in [5.41, 5.74) is -3.16. The van der Waals surface area contributed by atoms with Crippen LogP contribution >= 0.6 is 12.6 Å². The normalized spacial score (nSPS) is 18.9. The predicted octanol–water partition coefficient (Wildman–Crippen LogP) is 4.54. The van der Waals surface area contributed by atoms with Crippen molar-refractivity contribution in [2.24, 2.45) is 0 Å². The molecule has 2 aliphatic rings. The summed E-state index contributed by atoms with van der Waals surface area (Å²) < 4.78 is 46.2. The topological polar surface area (TPSA) is 95.2 Å². The van der Waals surface area contributed by atoms with Crippen molar-refractivity contribution in [3.8, 4) is 17.7 Å². The van der Waals surface area contributed by atoms with E-state index in [4.69, 9.17) is 10.00 Å². The number of nitrogens with zero attached hydrogens (tertiary/aromatic N) is 6. The minimum Gasteiger partial charge on any atom is -0.439 e. The average Bonchev–Trinajstić information content (AvgIpc) is 3.06. The Labute approximate surface area is 203 Å². The van der Waals surface area contributed by atoms with E-state index in [2.05, 4.69) is 27.6 Å². The molecular weight excluding hydrogens is 481 g/mol. The highest BCUT2D eigenvalue weighted by molar-refractivity contribution is 7.81. The number of halogens is 3. The predicted molar refractivity (Wildman–Crippen MR) is 122 cm³/mol. The van der Waals surface area contributed by atoms with Crippen LogP contribution in [0.25, 0.3) is 0 Å². The molecule has 2 fully saturated rings. The van der Waals surface area contributed by atoms with Crippen LogP contribution in [0.3, 0.4) is 0 Å². The maximum atomic E-state index is 13.6. The standard InChI is InChI=1S/C23H17F3N6O2S/c24-23(25,26)17-10-15(12-29-18(17)11-27)31-20(33)22(7-1-8-22)32(21(31)35)14-2-4-16(5-3-14)34-19-6-9-28-13-30-19/h2-6,9-10,12-13,21,35H,1,7-8H2. The van der Waals surface area contributed by atoms with E-state index in [-0.39, 0.29) is 11.6 Å². The second-order valence-electron chi connectivity index (χ2n) is 8.12. The van der Waals surface area contributed by atoms with E-state index in [0.29, 0.717) is 30.2 Å². The first-order valence-corrected chi connectivity index (χ1v) is 11.1. The molecular formula is C23H17F3N6O2S. The lowest BCUT2D eigenvalue weighted by Gasteiger charge is -2.44. The fourth-order valence-electron chi connectivity index (χ4n) is 4.39. The molecule has 3 heterocycles. The molecule has 1 saturated heterocycles. The zero-order valence-electron chi connectivity index (χ0n) is 18.0. The van der Waals surface area contributed by atoms with Gasteiger partial charge in [-0.3, -0.25) is 9.69 Å². The summed E-state index contributed by atoms with van der Waals surface area (Å²) in [5, 5.41) is 9.04. The van der Waals surface area contributed by atoms with Crippen LogP contribution in [0.5, 0.6) is 11.6 Å². The number of carbonyl (C=O) groups excluding carboxylic acids is 1. The van der Waals surface area contributed by atoms with Crippen LogP contribution in [0.15, 0.2) is 55.1 Å². The van der Waals surface area contributed by atoms with Gasteiger partial charge in [-0.05, 0) is 49.6 Å². The van der Waals surface area contributed by atoms with Crippen molar-refractivity contribution in [1.29, 1.82) is 5.26 Å². The quantitative estimate of drug-likeness (QED) is 0.528. The van der Waals surface area contributed by atoms with Crippen molar-refractivity contribution in [3.05, 3.63) is 66.4 Å². The number of carbonyl (C=O) groups is 1. The summed E-state index contributed by atoms with van der Waals surface area (Å²) in [4.78, 5) is 28.1. The number of aromatic nitrogens is 3. The van der Waals surface area contributed by atoms with Crippen molar-refractivity contribution in [2.75, 3.05) is 9.80 Å². The van der Waals surface area contributed by atoms with Gasteiger partial charge in [-0.15, -0.1) is 12.6 Å². The number of pyridine rings is 1. The zero-order chi connectivity index (χ0) is 24.8. The monoisotopic (exact) mass is 498 g/mol. The third kappa shape index (κ3) is 3.81. The first kappa shape index (κ1) is 22.9.